The molecule has 0 fully saturated rings. The van der Waals surface area contributed by atoms with E-state index in [1.165, 1.54) is 0 Å². The molecule has 0 spiro atoms. The summed E-state index contributed by atoms with van der Waals surface area (Å²) < 4.78 is 0.797. The maximum absolute atomic E-state index is 11.2. The van der Waals surface area contributed by atoms with Crippen LogP contribution in [0.5, 0.6) is 0 Å². The Morgan fingerprint density at radius 2 is 1.81 bits per heavy atom. The molecular formula is C7H11N5O4. The zero-order valence-electron chi connectivity index (χ0n) is 8.28. The van der Waals surface area contributed by atoms with Crippen LogP contribution < -0.4 is 28.3 Å². The molecule has 1 rings (SSSR count). The summed E-state index contributed by atoms with van der Waals surface area (Å²) in [5, 5.41) is 0. The van der Waals surface area contributed by atoms with Crippen LogP contribution >= 0.6 is 0 Å². The minimum atomic E-state index is -0.856. The second kappa shape index (κ2) is 5.07. The zero-order chi connectivity index (χ0) is 12.1. The van der Waals surface area contributed by atoms with Gasteiger partial charge >= 0.3 is 17.1 Å². The van der Waals surface area contributed by atoms with Gasteiger partial charge in [0.15, 0.2) is 0 Å². The fourth-order valence-electron chi connectivity index (χ4n) is 1.13. The van der Waals surface area contributed by atoms with Gasteiger partial charge in [0.25, 0.3) is 0 Å². The molecule has 1 heterocycles. The molecule has 5 N–H and O–H groups in total. The lowest BCUT2D eigenvalue weighted by Crippen LogP contribution is -2.43. The number of nitrogens with one attached hydrogen (secondary N) is 3. The maximum atomic E-state index is 11.2. The minimum absolute atomic E-state index is 0.0262. The van der Waals surface area contributed by atoms with Crippen molar-refractivity contribution in [2.24, 2.45) is 5.84 Å². The number of rotatable bonds is 4. The largest absolute Gasteiger partial charge is 0.333 e. The topological polar surface area (TPSA) is 143 Å². The van der Waals surface area contributed by atoms with Gasteiger partial charge in [0.2, 0.25) is 5.91 Å². The summed E-state index contributed by atoms with van der Waals surface area (Å²) in [7, 11) is 0. The highest BCUT2D eigenvalue weighted by Crippen LogP contribution is 1.88. The number of nitrogens with zero attached hydrogens (tertiary/aromatic N) is 1. The predicted octanol–water partition coefficient (Wildman–Crippen LogP) is -3.00. The van der Waals surface area contributed by atoms with E-state index in [1.54, 1.807) is 0 Å². The molecule has 0 unspecified atom stereocenters. The van der Waals surface area contributed by atoms with Gasteiger partial charge in [0.05, 0.1) is 0 Å². The van der Waals surface area contributed by atoms with Crippen LogP contribution in [0, 0.1) is 0 Å². The Morgan fingerprint density at radius 3 is 2.31 bits per heavy atom. The predicted molar refractivity (Wildman–Crippen MR) is 53.5 cm³/mol. The summed E-state index contributed by atoms with van der Waals surface area (Å²) in [6.45, 7) is 0.0262. The van der Waals surface area contributed by atoms with Gasteiger partial charge in [-0.05, 0) is 6.42 Å². The smallest absolute Gasteiger partial charge is 0.294 e. The highest BCUT2D eigenvalue weighted by Gasteiger charge is 2.04. The summed E-state index contributed by atoms with van der Waals surface area (Å²) in [6, 6.07) is 0. The van der Waals surface area contributed by atoms with E-state index in [4.69, 9.17) is 5.84 Å². The van der Waals surface area contributed by atoms with Crippen LogP contribution in [0.2, 0.25) is 0 Å². The number of carbonyl (C=O) groups excluding carboxylic acids is 1. The van der Waals surface area contributed by atoms with Gasteiger partial charge in [0.1, 0.15) is 0 Å². The van der Waals surface area contributed by atoms with Crippen LogP contribution in [0.3, 0.4) is 0 Å². The molecule has 1 aromatic heterocycles. The first-order valence-electron chi connectivity index (χ1n) is 4.47. The van der Waals surface area contributed by atoms with E-state index >= 15 is 0 Å². The van der Waals surface area contributed by atoms with Crippen LogP contribution in [0.1, 0.15) is 12.8 Å². The number of amides is 1. The molecule has 9 nitrogen and oxygen atoms in total. The summed E-state index contributed by atoms with van der Waals surface area (Å²) in [4.78, 5) is 47.6. The number of aromatic nitrogens is 3. The quantitative estimate of drug-likeness (QED) is 0.247. The molecule has 88 valence electrons. The summed E-state index contributed by atoms with van der Waals surface area (Å²) in [5.41, 5.74) is -0.544. The minimum Gasteiger partial charge on any atom is -0.294 e. The number of H-pyrrole nitrogens is 2. The van der Waals surface area contributed by atoms with Crippen molar-refractivity contribution < 1.29 is 4.79 Å². The Bertz CT molecular complexity index is 504. The van der Waals surface area contributed by atoms with Gasteiger partial charge in [0, 0.05) is 13.0 Å². The van der Waals surface area contributed by atoms with Crippen molar-refractivity contribution in [3.8, 4) is 0 Å². The SMILES string of the molecule is NNC(=O)CCCn1c(=O)[nH]c(=O)[nH]c1=O. The van der Waals surface area contributed by atoms with E-state index in [0.29, 0.717) is 0 Å². The molecule has 0 radical (unpaired) electrons. The lowest BCUT2D eigenvalue weighted by atomic mass is 10.3. The molecule has 16 heavy (non-hydrogen) atoms. The first-order valence-corrected chi connectivity index (χ1v) is 4.47. The Balaban J connectivity index is 2.76. The third-order valence-corrected chi connectivity index (χ3v) is 1.88. The second-order valence-electron chi connectivity index (χ2n) is 3.01. The van der Waals surface area contributed by atoms with Crippen molar-refractivity contribution in [3.05, 3.63) is 31.5 Å². The third-order valence-electron chi connectivity index (χ3n) is 1.88. The zero-order valence-corrected chi connectivity index (χ0v) is 8.28. The molecule has 0 aromatic carbocycles. The third kappa shape index (κ3) is 2.92. The molecule has 1 aromatic rings. The highest BCUT2D eigenvalue weighted by atomic mass is 16.2. The molecule has 0 aliphatic carbocycles. The first kappa shape index (κ1) is 11.9. The first-order chi connectivity index (χ1) is 7.54. The van der Waals surface area contributed by atoms with Crippen molar-refractivity contribution in [2.75, 3.05) is 0 Å². The molecule has 0 aliphatic rings. The fraction of sp³-hybridized carbons (Fsp3) is 0.429. The van der Waals surface area contributed by atoms with Crippen molar-refractivity contribution in [2.45, 2.75) is 19.4 Å². The summed E-state index contributed by atoms with van der Waals surface area (Å²) in [6.07, 6.45) is 0.347. The van der Waals surface area contributed by atoms with Gasteiger partial charge in [-0.25, -0.2) is 24.8 Å². The Morgan fingerprint density at radius 1 is 1.25 bits per heavy atom. The van der Waals surface area contributed by atoms with Gasteiger partial charge in [-0.1, -0.05) is 0 Å². The van der Waals surface area contributed by atoms with E-state index in [9.17, 15) is 19.2 Å². The standard InChI is InChI=1S/C7H11N5O4/c8-11-4(13)2-1-3-12-6(15)9-5(14)10-7(12)16/h1-3,8H2,(H,11,13)(H2,9,10,14,15,16). The van der Waals surface area contributed by atoms with Crippen molar-refractivity contribution in [1.82, 2.24) is 20.0 Å². The molecule has 0 bridgehead atoms. The van der Waals surface area contributed by atoms with E-state index in [-0.39, 0.29) is 19.4 Å². The van der Waals surface area contributed by atoms with Crippen LogP contribution in [0.25, 0.3) is 0 Å². The lowest BCUT2D eigenvalue weighted by molar-refractivity contribution is -0.121. The molecule has 0 aliphatic heterocycles. The molecule has 0 saturated carbocycles. The number of aromatic amines is 2. The monoisotopic (exact) mass is 229 g/mol. The van der Waals surface area contributed by atoms with E-state index in [1.807, 2.05) is 15.4 Å². The fourth-order valence-corrected chi connectivity index (χ4v) is 1.13. The number of hydrogen-bond acceptors (Lipinski definition) is 5. The van der Waals surface area contributed by atoms with E-state index < -0.39 is 23.0 Å². The molecule has 0 atom stereocenters. The molecular weight excluding hydrogens is 218 g/mol. The van der Waals surface area contributed by atoms with E-state index in [0.717, 1.165) is 4.57 Å². The normalized spacial score (nSPS) is 10.1. The highest BCUT2D eigenvalue weighted by molar-refractivity contribution is 5.74. The maximum Gasteiger partial charge on any atom is 0.333 e. The average molecular weight is 229 g/mol. The Labute approximate surface area is 88.3 Å². The van der Waals surface area contributed by atoms with Crippen LogP contribution in [-0.2, 0) is 11.3 Å². The number of hydrogen-bond donors (Lipinski definition) is 4. The summed E-state index contributed by atoms with van der Waals surface area (Å²) >= 11 is 0. The van der Waals surface area contributed by atoms with Crippen LogP contribution in [0.4, 0.5) is 0 Å². The number of nitrogens with two attached hydrogens (primary N) is 1. The van der Waals surface area contributed by atoms with Crippen LogP contribution in [-0.4, -0.2) is 20.4 Å². The lowest BCUT2D eigenvalue weighted by Gasteiger charge is -2.02. The van der Waals surface area contributed by atoms with Crippen molar-refractivity contribution in [3.63, 3.8) is 0 Å². The van der Waals surface area contributed by atoms with Gasteiger partial charge < -0.3 is 0 Å². The Hall–Kier alpha value is -2.16. The molecule has 0 saturated heterocycles. The summed E-state index contributed by atoms with van der Waals surface area (Å²) in [5.74, 6) is 4.45. The molecule has 9 heteroatoms. The van der Waals surface area contributed by atoms with Gasteiger partial charge in [-0.15, -0.1) is 0 Å². The van der Waals surface area contributed by atoms with Crippen LogP contribution in [0.15, 0.2) is 14.4 Å². The average Bonchev–Trinajstić information content (AvgIpc) is 2.21. The second-order valence-corrected chi connectivity index (χ2v) is 3.01. The Kier molecular flexibility index (Phi) is 3.78. The van der Waals surface area contributed by atoms with Crippen molar-refractivity contribution in [1.29, 1.82) is 0 Å². The van der Waals surface area contributed by atoms with Crippen molar-refractivity contribution >= 4 is 5.91 Å². The van der Waals surface area contributed by atoms with Gasteiger partial charge in [-0.2, -0.15) is 0 Å². The van der Waals surface area contributed by atoms with Gasteiger partial charge in [-0.3, -0.25) is 20.2 Å². The number of carbonyl (C=O) groups is 1. The molecule has 1 amide bonds. The van der Waals surface area contributed by atoms with E-state index in [2.05, 4.69) is 0 Å². The number of hydrazine groups is 1.